The Morgan fingerprint density at radius 3 is 2.58 bits per heavy atom. The Morgan fingerprint density at radius 1 is 1.05 bits per heavy atom. The number of nitrogens with zero attached hydrogens (tertiary/aromatic N) is 1. The van der Waals surface area contributed by atoms with Crippen molar-refractivity contribution in [2.24, 2.45) is 0 Å². The molecule has 0 aliphatic heterocycles. The second-order valence-electron chi connectivity index (χ2n) is 5.38. The Kier molecular flexibility index (Phi) is 4.19. The van der Waals surface area contributed by atoms with E-state index in [-0.39, 0.29) is 0 Å². The fourth-order valence-electron chi connectivity index (χ4n) is 2.90. The van der Waals surface area contributed by atoms with E-state index in [2.05, 4.69) is 63.3 Å². The summed E-state index contributed by atoms with van der Waals surface area (Å²) < 4.78 is 0. The van der Waals surface area contributed by atoms with Crippen molar-refractivity contribution in [3.63, 3.8) is 0 Å². The molecular formula is C17H20BrN. The van der Waals surface area contributed by atoms with Crippen LogP contribution in [0.1, 0.15) is 24.8 Å². The molecule has 2 aromatic carbocycles. The lowest BCUT2D eigenvalue weighted by atomic mass is 9.91. The van der Waals surface area contributed by atoms with Crippen LogP contribution in [-0.2, 0) is 6.54 Å². The Labute approximate surface area is 123 Å². The molecule has 2 aromatic rings. The number of rotatable bonds is 5. The minimum Gasteiger partial charge on any atom is -0.295 e. The Hall–Kier alpha value is -0.860. The molecule has 0 spiro atoms. The van der Waals surface area contributed by atoms with E-state index in [1.807, 2.05) is 0 Å². The zero-order chi connectivity index (χ0) is 13.1. The van der Waals surface area contributed by atoms with E-state index in [1.54, 1.807) is 0 Å². The molecule has 3 rings (SSSR count). The molecule has 1 saturated carbocycles. The zero-order valence-corrected chi connectivity index (χ0v) is 12.8. The van der Waals surface area contributed by atoms with Crippen molar-refractivity contribution in [2.45, 2.75) is 31.8 Å². The lowest BCUT2D eigenvalue weighted by molar-refractivity contribution is 0.128. The van der Waals surface area contributed by atoms with Gasteiger partial charge in [-0.25, -0.2) is 0 Å². The van der Waals surface area contributed by atoms with Gasteiger partial charge in [-0.3, -0.25) is 4.90 Å². The maximum atomic E-state index is 3.59. The highest BCUT2D eigenvalue weighted by Crippen LogP contribution is 2.28. The first-order valence-electron chi connectivity index (χ1n) is 7.15. The molecule has 1 nitrogen and oxygen atoms in total. The molecule has 0 radical (unpaired) electrons. The van der Waals surface area contributed by atoms with E-state index in [0.29, 0.717) is 0 Å². The van der Waals surface area contributed by atoms with Crippen LogP contribution in [0.4, 0.5) is 0 Å². The number of alkyl halides is 1. The van der Waals surface area contributed by atoms with Gasteiger partial charge in [0.15, 0.2) is 0 Å². The third-order valence-electron chi connectivity index (χ3n) is 4.22. The molecule has 2 heteroatoms. The van der Waals surface area contributed by atoms with Gasteiger partial charge in [-0.05, 0) is 29.2 Å². The molecule has 1 aliphatic carbocycles. The van der Waals surface area contributed by atoms with Crippen LogP contribution in [0.5, 0.6) is 0 Å². The van der Waals surface area contributed by atoms with Gasteiger partial charge >= 0.3 is 0 Å². The minimum absolute atomic E-state index is 0.802. The predicted molar refractivity (Wildman–Crippen MR) is 85.8 cm³/mol. The van der Waals surface area contributed by atoms with E-state index in [0.717, 1.165) is 24.5 Å². The largest absolute Gasteiger partial charge is 0.295 e. The van der Waals surface area contributed by atoms with Crippen molar-refractivity contribution in [2.75, 3.05) is 11.9 Å². The second-order valence-corrected chi connectivity index (χ2v) is 6.18. The molecule has 0 bridgehead atoms. The first kappa shape index (κ1) is 13.1. The summed E-state index contributed by atoms with van der Waals surface area (Å²) in [6.45, 7) is 2.23. The van der Waals surface area contributed by atoms with Crippen LogP contribution in [0.2, 0.25) is 0 Å². The van der Waals surface area contributed by atoms with Crippen LogP contribution < -0.4 is 0 Å². The van der Waals surface area contributed by atoms with E-state index in [1.165, 1.54) is 35.6 Å². The quantitative estimate of drug-likeness (QED) is 0.729. The SMILES string of the molecule is BrCCN(Cc1cccc2ccccc12)C1CCC1. The highest BCUT2D eigenvalue weighted by molar-refractivity contribution is 9.09. The number of halogens is 1. The Morgan fingerprint density at radius 2 is 1.84 bits per heavy atom. The maximum Gasteiger partial charge on any atom is 0.0243 e. The number of hydrogen-bond donors (Lipinski definition) is 0. The third kappa shape index (κ3) is 2.85. The van der Waals surface area contributed by atoms with Crippen LogP contribution in [0.3, 0.4) is 0 Å². The maximum absolute atomic E-state index is 3.59. The fourth-order valence-corrected chi connectivity index (χ4v) is 3.36. The van der Waals surface area contributed by atoms with Gasteiger partial charge in [0, 0.05) is 24.5 Å². The molecule has 0 heterocycles. The summed E-state index contributed by atoms with van der Waals surface area (Å²) >= 11 is 3.59. The molecule has 0 aromatic heterocycles. The Bertz CT molecular complexity index is 542. The summed E-state index contributed by atoms with van der Waals surface area (Å²) in [4.78, 5) is 2.64. The van der Waals surface area contributed by atoms with Gasteiger partial charge in [-0.2, -0.15) is 0 Å². The zero-order valence-electron chi connectivity index (χ0n) is 11.2. The number of benzene rings is 2. The van der Waals surface area contributed by atoms with Crippen LogP contribution in [0.15, 0.2) is 42.5 Å². The lowest BCUT2D eigenvalue weighted by Gasteiger charge is -2.37. The van der Waals surface area contributed by atoms with Crippen molar-refractivity contribution in [1.82, 2.24) is 4.90 Å². The molecule has 19 heavy (non-hydrogen) atoms. The molecular weight excluding hydrogens is 298 g/mol. The van der Waals surface area contributed by atoms with Crippen molar-refractivity contribution >= 4 is 26.7 Å². The first-order chi connectivity index (χ1) is 9.38. The highest BCUT2D eigenvalue weighted by atomic mass is 79.9. The summed E-state index contributed by atoms with van der Waals surface area (Å²) in [5.41, 5.74) is 1.46. The van der Waals surface area contributed by atoms with Crippen LogP contribution >= 0.6 is 15.9 Å². The van der Waals surface area contributed by atoms with E-state index < -0.39 is 0 Å². The summed E-state index contributed by atoms with van der Waals surface area (Å²) in [6, 6.07) is 16.2. The summed E-state index contributed by atoms with van der Waals surface area (Å²) in [7, 11) is 0. The van der Waals surface area contributed by atoms with Gasteiger partial charge in [-0.1, -0.05) is 64.8 Å². The smallest absolute Gasteiger partial charge is 0.0243 e. The number of fused-ring (bicyclic) bond motifs is 1. The van der Waals surface area contributed by atoms with Crippen molar-refractivity contribution in [3.05, 3.63) is 48.0 Å². The lowest BCUT2D eigenvalue weighted by Crippen LogP contribution is -2.40. The van der Waals surface area contributed by atoms with Gasteiger partial charge in [0.1, 0.15) is 0 Å². The van der Waals surface area contributed by atoms with E-state index >= 15 is 0 Å². The fraction of sp³-hybridized carbons (Fsp3) is 0.412. The second kappa shape index (κ2) is 6.06. The van der Waals surface area contributed by atoms with Crippen LogP contribution in [-0.4, -0.2) is 22.8 Å². The molecule has 1 aliphatic rings. The first-order valence-corrected chi connectivity index (χ1v) is 8.27. The standard InChI is InChI=1S/C17H20BrN/c18-11-12-19(16-8-4-9-16)13-15-7-3-6-14-5-1-2-10-17(14)15/h1-3,5-7,10,16H,4,8-9,11-13H2. The summed E-state index contributed by atoms with van der Waals surface area (Å²) in [5, 5.41) is 3.82. The van der Waals surface area contributed by atoms with Crippen molar-refractivity contribution in [1.29, 1.82) is 0 Å². The molecule has 0 atom stereocenters. The van der Waals surface area contributed by atoms with Gasteiger partial charge in [0.25, 0.3) is 0 Å². The van der Waals surface area contributed by atoms with Gasteiger partial charge in [-0.15, -0.1) is 0 Å². The molecule has 0 N–H and O–H groups in total. The topological polar surface area (TPSA) is 3.24 Å². The third-order valence-corrected chi connectivity index (χ3v) is 4.57. The van der Waals surface area contributed by atoms with Gasteiger partial charge in [0.05, 0.1) is 0 Å². The monoisotopic (exact) mass is 317 g/mol. The highest BCUT2D eigenvalue weighted by Gasteiger charge is 2.24. The van der Waals surface area contributed by atoms with Crippen LogP contribution in [0, 0.1) is 0 Å². The van der Waals surface area contributed by atoms with Gasteiger partial charge in [0.2, 0.25) is 0 Å². The summed E-state index contributed by atoms with van der Waals surface area (Å²) in [6.07, 6.45) is 4.15. The predicted octanol–water partition coefficient (Wildman–Crippen LogP) is 4.59. The van der Waals surface area contributed by atoms with E-state index in [4.69, 9.17) is 0 Å². The van der Waals surface area contributed by atoms with Crippen molar-refractivity contribution in [3.8, 4) is 0 Å². The van der Waals surface area contributed by atoms with E-state index in [9.17, 15) is 0 Å². The molecule has 0 saturated heterocycles. The average molecular weight is 318 g/mol. The summed E-state index contributed by atoms with van der Waals surface area (Å²) in [5.74, 6) is 0. The minimum atomic E-state index is 0.802. The van der Waals surface area contributed by atoms with Crippen molar-refractivity contribution < 1.29 is 0 Å². The Balaban J connectivity index is 1.86. The number of hydrogen-bond acceptors (Lipinski definition) is 1. The molecule has 1 fully saturated rings. The van der Waals surface area contributed by atoms with Crippen LogP contribution in [0.25, 0.3) is 10.8 Å². The normalized spacial score (nSPS) is 15.9. The van der Waals surface area contributed by atoms with Gasteiger partial charge < -0.3 is 0 Å². The molecule has 100 valence electrons. The molecule has 0 unspecified atom stereocenters. The average Bonchev–Trinajstić information content (AvgIpc) is 2.37. The molecule has 0 amide bonds.